The first-order valence-corrected chi connectivity index (χ1v) is 9.27. The second-order valence-corrected chi connectivity index (χ2v) is 6.32. The van der Waals surface area contributed by atoms with Gasteiger partial charge < -0.3 is 24.8 Å². The number of hydrogen-bond acceptors (Lipinski definition) is 4. The standard InChI is InChI=1S/C21H27N3O3/c1-16-3-6-18(7-4-16)25-12-11-24-21(22-2)23-10-9-17-5-8-19-20(15-17)27-14-13-26-19/h3-8,15H,9-14H2,1-2H3,(H2,22,23,24). The Labute approximate surface area is 160 Å². The fourth-order valence-electron chi connectivity index (χ4n) is 2.76. The van der Waals surface area contributed by atoms with Crippen LogP contribution in [0.2, 0.25) is 0 Å². The van der Waals surface area contributed by atoms with E-state index in [9.17, 15) is 0 Å². The van der Waals surface area contributed by atoms with Crippen molar-refractivity contribution in [3.63, 3.8) is 0 Å². The van der Waals surface area contributed by atoms with Crippen LogP contribution in [0.3, 0.4) is 0 Å². The molecule has 0 fully saturated rings. The van der Waals surface area contributed by atoms with Gasteiger partial charge in [-0.05, 0) is 43.2 Å². The van der Waals surface area contributed by atoms with Crippen molar-refractivity contribution in [3.05, 3.63) is 53.6 Å². The van der Waals surface area contributed by atoms with Crippen molar-refractivity contribution in [2.45, 2.75) is 13.3 Å². The number of aryl methyl sites for hydroxylation is 1. The number of nitrogens with one attached hydrogen (secondary N) is 2. The van der Waals surface area contributed by atoms with Gasteiger partial charge in [-0.3, -0.25) is 4.99 Å². The fourth-order valence-corrected chi connectivity index (χ4v) is 2.76. The van der Waals surface area contributed by atoms with E-state index < -0.39 is 0 Å². The van der Waals surface area contributed by atoms with Gasteiger partial charge in [-0.1, -0.05) is 23.8 Å². The Hall–Kier alpha value is -2.89. The average Bonchev–Trinajstić information content (AvgIpc) is 2.71. The van der Waals surface area contributed by atoms with Crippen LogP contribution in [0.25, 0.3) is 0 Å². The minimum atomic E-state index is 0.575. The Morgan fingerprint density at radius 3 is 2.52 bits per heavy atom. The van der Waals surface area contributed by atoms with Gasteiger partial charge in [0.25, 0.3) is 0 Å². The number of fused-ring (bicyclic) bond motifs is 1. The molecule has 0 atom stereocenters. The summed E-state index contributed by atoms with van der Waals surface area (Å²) in [6.45, 7) is 5.31. The maximum absolute atomic E-state index is 5.71. The molecule has 27 heavy (non-hydrogen) atoms. The second kappa shape index (κ2) is 9.71. The molecule has 6 heteroatoms. The highest BCUT2D eigenvalue weighted by Gasteiger charge is 2.11. The van der Waals surface area contributed by atoms with Crippen LogP contribution in [-0.4, -0.2) is 45.9 Å². The molecule has 2 aromatic rings. The summed E-state index contributed by atoms with van der Waals surface area (Å²) >= 11 is 0. The highest BCUT2D eigenvalue weighted by molar-refractivity contribution is 5.79. The quantitative estimate of drug-likeness (QED) is 0.446. The summed E-state index contributed by atoms with van der Waals surface area (Å²) in [5, 5.41) is 6.57. The lowest BCUT2D eigenvalue weighted by Crippen LogP contribution is -2.40. The molecule has 0 aromatic heterocycles. The molecule has 0 saturated carbocycles. The molecule has 0 unspecified atom stereocenters. The summed E-state index contributed by atoms with van der Waals surface area (Å²) in [6.07, 6.45) is 0.872. The summed E-state index contributed by atoms with van der Waals surface area (Å²) < 4.78 is 16.9. The largest absolute Gasteiger partial charge is 0.492 e. The monoisotopic (exact) mass is 369 g/mol. The van der Waals surface area contributed by atoms with Crippen molar-refractivity contribution < 1.29 is 14.2 Å². The molecule has 1 aliphatic rings. The van der Waals surface area contributed by atoms with Crippen LogP contribution in [-0.2, 0) is 6.42 Å². The molecule has 0 amide bonds. The van der Waals surface area contributed by atoms with E-state index in [4.69, 9.17) is 14.2 Å². The van der Waals surface area contributed by atoms with Crippen LogP contribution in [0.5, 0.6) is 17.2 Å². The van der Waals surface area contributed by atoms with Gasteiger partial charge in [0.2, 0.25) is 0 Å². The van der Waals surface area contributed by atoms with Crippen molar-refractivity contribution in [1.82, 2.24) is 10.6 Å². The molecular weight excluding hydrogens is 342 g/mol. The van der Waals surface area contributed by atoms with E-state index in [1.165, 1.54) is 11.1 Å². The third-order valence-corrected chi connectivity index (χ3v) is 4.22. The molecule has 0 radical (unpaired) electrons. The smallest absolute Gasteiger partial charge is 0.191 e. The van der Waals surface area contributed by atoms with Gasteiger partial charge in [0.05, 0.1) is 6.54 Å². The maximum atomic E-state index is 5.71. The van der Waals surface area contributed by atoms with Crippen molar-refractivity contribution in [3.8, 4) is 17.2 Å². The summed E-state index contributed by atoms with van der Waals surface area (Å²) in [5.41, 5.74) is 2.42. The van der Waals surface area contributed by atoms with E-state index in [1.54, 1.807) is 7.05 Å². The lowest BCUT2D eigenvalue weighted by molar-refractivity contribution is 0.171. The fraction of sp³-hybridized carbons (Fsp3) is 0.381. The zero-order valence-electron chi connectivity index (χ0n) is 16.0. The lowest BCUT2D eigenvalue weighted by Gasteiger charge is -2.19. The second-order valence-electron chi connectivity index (χ2n) is 6.32. The van der Waals surface area contributed by atoms with E-state index in [0.717, 1.165) is 36.2 Å². The Bertz CT molecular complexity index is 760. The topological polar surface area (TPSA) is 64.1 Å². The summed E-state index contributed by atoms with van der Waals surface area (Å²) in [4.78, 5) is 4.24. The summed E-state index contributed by atoms with van der Waals surface area (Å²) in [5.74, 6) is 3.29. The molecule has 0 spiro atoms. The highest BCUT2D eigenvalue weighted by atomic mass is 16.6. The van der Waals surface area contributed by atoms with Gasteiger partial charge in [-0.2, -0.15) is 0 Å². The van der Waals surface area contributed by atoms with E-state index in [-0.39, 0.29) is 0 Å². The minimum Gasteiger partial charge on any atom is -0.492 e. The number of guanidine groups is 1. The Balaban J connectivity index is 1.36. The van der Waals surface area contributed by atoms with Crippen molar-refractivity contribution in [2.24, 2.45) is 4.99 Å². The van der Waals surface area contributed by atoms with Gasteiger partial charge in [-0.15, -0.1) is 0 Å². The zero-order valence-corrected chi connectivity index (χ0v) is 16.0. The van der Waals surface area contributed by atoms with E-state index in [2.05, 4.69) is 28.6 Å². The number of aliphatic imine (C=N–C) groups is 1. The molecule has 144 valence electrons. The van der Waals surface area contributed by atoms with Gasteiger partial charge in [-0.25, -0.2) is 0 Å². The third kappa shape index (κ3) is 5.81. The predicted octanol–water partition coefficient (Wildman–Crippen LogP) is 2.55. The van der Waals surface area contributed by atoms with Crippen LogP contribution in [0, 0.1) is 6.92 Å². The van der Waals surface area contributed by atoms with Crippen molar-refractivity contribution in [2.75, 3.05) is 40.0 Å². The van der Waals surface area contributed by atoms with Crippen molar-refractivity contribution in [1.29, 1.82) is 0 Å². The van der Waals surface area contributed by atoms with Gasteiger partial charge in [0.15, 0.2) is 17.5 Å². The van der Waals surface area contributed by atoms with E-state index in [0.29, 0.717) is 26.4 Å². The SMILES string of the molecule is CN=C(NCCOc1ccc(C)cc1)NCCc1ccc2c(c1)OCCO2. The molecule has 3 rings (SSSR count). The van der Waals surface area contributed by atoms with E-state index >= 15 is 0 Å². The van der Waals surface area contributed by atoms with Gasteiger partial charge >= 0.3 is 0 Å². The summed E-state index contributed by atoms with van der Waals surface area (Å²) in [7, 11) is 1.76. The zero-order chi connectivity index (χ0) is 18.9. The van der Waals surface area contributed by atoms with Crippen LogP contribution < -0.4 is 24.8 Å². The lowest BCUT2D eigenvalue weighted by atomic mass is 10.1. The third-order valence-electron chi connectivity index (χ3n) is 4.22. The first kappa shape index (κ1) is 18.9. The van der Waals surface area contributed by atoms with Crippen LogP contribution in [0.15, 0.2) is 47.5 Å². The molecule has 0 bridgehead atoms. The number of benzene rings is 2. The summed E-state index contributed by atoms with van der Waals surface area (Å²) in [6, 6.07) is 14.1. The van der Waals surface area contributed by atoms with Gasteiger partial charge in [0.1, 0.15) is 25.6 Å². The Kier molecular flexibility index (Phi) is 6.79. The molecule has 0 aliphatic carbocycles. The molecule has 2 N–H and O–H groups in total. The van der Waals surface area contributed by atoms with Crippen LogP contribution >= 0.6 is 0 Å². The number of ether oxygens (including phenoxy) is 3. The van der Waals surface area contributed by atoms with E-state index in [1.807, 2.05) is 36.4 Å². The molecular formula is C21H27N3O3. The average molecular weight is 369 g/mol. The predicted molar refractivity (Wildman–Crippen MR) is 107 cm³/mol. The first-order valence-electron chi connectivity index (χ1n) is 9.27. The highest BCUT2D eigenvalue weighted by Crippen LogP contribution is 2.30. The number of nitrogens with zero attached hydrogens (tertiary/aromatic N) is 1. The number of hydrogen-bond donors (Lipinski definition) is 2. The van der Waals surface area contributed by atoms with Crippen molar-refractivity contribution >= 4 is 5.96 Å². The normalized spacial score (nSPS) is 13.2. The minimum absolute atomic E-state index is 0.575. The molecule has 1 heterocycles. The molecule has 1 aliphatic heterocycles. The number of rotatable bonds is 7. The Morgan fingerprint density at radius 1 is 1.00 bits per heavy atom. The van der Waals surface area contributed by atoms with Crippen LogP contribution in [0.1, 0.15) is 11.1 Å². The maximum Gasteiger partial charge on any atom is 0.191 e. The molecule has 6 nitrogen and oxygen atoms in total. The molecule has 2 aromatic carbocycles. The first-order chi connectivity index (χ1) is 13.2. The van der Waals surface area contributed by atoms with Gasteiger partial charge in [0, 0.05) is 13.6 Å². The Morgan fingerprint density at radius 2 is 1.74 bits per heavy atom. The van der Waals surface area contributed by atoms with Crippen LogP contribution in [0.4, 0.5) is 0 Å². The molecule has 0 saturated heterocycles.